The van der Waals surface area contributed by atoms with Crippen LogP contribution in [0.15, 0.2) is 54.6 Å². The number of morpholine rings is 1. The van der Waals surface area contributed by atoms with Crippen molar-refractivity contribution in [2.24, 2.45) is 0 Å². The summed E-state index contributed by atoms with van der Waals surface area (Å²) in [5, 5.41) is 10.2. The molecule has 42 heavy (non-hydrogen) atoms. The van der Waals surface area contributed by atoms with E-state index in [-0.39, 0.29) is 21.2 Å². The number of carbonyl (C=O) groups excluding carboxylic acids is 3. The molecule has 5 rings (SSSR count). The summed E-state index contributed by atoms with van der Waals surface area (Å²) in [6.45, 7) is 11.9. The van der Waals surface area contributed by atoms with E-state index in [4.69, 9.17) is 9.47 Å². The molecule has 12 heteroatoms. The Hall–Kier alpha value is -4.29. The molecule has 11 nitrogen and oxygen atoms in total. The Morgan fingerprint density at radius 2 is 1.60 bits per heavy atom. The fourth-order valence-electron chi connectivity index (χ4n) is 4.50. The average Bonchev–Trinajstić information content (AvgIpc) is 3.54. The first-order valence-corrected chi connectivity index (χ1v) is 14.5. The van der Waals surface area contributed by atoms with Gasteiger partial charge in [-0.05, 0) is 64.4 Å². The largest absolute Gasteiger partial charge is 0.442 e. The van der Waals surface area contributed by atoms with E-state index in [1.54, 1.807) is 32.9 Å². The molecule has 1 aliphatic heterocycles. The highest BCUT2D eigenvalue weighted by molar-refractivity contribution is 7.20. The second-order valence-corrected chi connectivity index (χ2v) is 12.4. The van der Waals surface area contributed by atoms with Gasteiger partial charge in [-0.2, -0.15) is 4.68 Å². The number of hydrogen-bond donors (Lipinski definition) is 2. The van der Waals surface area contributed by atoms with Crippen LogP contribution in [0.2, 0.25) is 0 Å². The minimum atomic E-state index is -0.786. The van der Waals surface area contributed by atoms with Crippen molar-refractivity contribution in [3.05, 3.63) is 70.7 Å². The smallest absolute Gasteiger partial charge is 0.436 e. The van der Waals surface area contributed by atoms with E-state index in [9.17, 15) is 14.4 Å². The molecular formula is C30H34N6O5S. The minimum absolute atomic E-state index is 0.0516. The van der Waals surface area contributed by atoms with Crippen LogP contribution in [0.25, 0.3) is 10.3 Å². The molecule has 0 spiro atoms. The number of hydrogen-bond acceptors (Lipinski definition) is 9. The van der Waals surface area contributed by atoms with Crippen LogP contribution in [0.4, 0.5) is 16.3 Å². The Morgan fingerprint density at radius 1 is 0.929 bits per heavy atom. The number of rotatable bonds is 6. The Morgan fingerprint density at radius 3 is 2.24 bits per heavy atom. The second kappa shape index (κ2) is 11.5. The van der Waals surface area contributed by atoms with E-state index in [1.165, 1.54) is 0 Å². The minimum Gasteiger partial charge on any atom is -0.442 e. The summed E-state index contributed by atoms with van der Waals surface area (Å²) in [5.74, 6) is -0.795. The number of carbonyl (C=O) groups is 3. The van der Waals surface area contributed by atoms with E-state index >= 15 is 0 Å². The summed E-state index contributed by atoms with van der Waals surface area (Å²) in [6.07, 6.45) is -0.747. The van der Waals surface area contributed by atoms with Gasteiger partial charge in [-0.15, -0.1) is 5.10 Å². The standard InChI is InChI=1S/C30H34N6O5S/c1-29(2,3)41-28(39)36-27-22(31-26(42-27)25(38)33-30(4,5)20-9-7-6-8-10-20)23(34-36)32-24(37)19-11-13-21(14-12-19)35-15-17-40-18-16-35/h6-14H,15-18H2,1-5H3,(H,33,38)(H,32,34,37). The van der Waals surface area contributed by atoms with E-state index in [0.29, 0.717) is 18.8 Å². The van der Waals surface area contributed by atoms with Crippen molar-refractivity contribution in [1.82, 2.24) is 20.1 Å². The third-order valence-electron chi connectivity index (χ3n) is 6.65. The van der Waals surface area contributed by atoms with E-state index in [0.717, 1.165) is 40.4 Å². The van der Waals surface area contributed by atoms with Crippen molar-refractivity contribution in [2.45, 2.75) is 45.8 Å². The molecule has 3 heterocycles. The van der Waals surface area contributed by atoms with Crippen LogP contribution in [0, 0.1) is 0 Å². The van der Waals surface area contributed by atoms with Crippen molar-refractivity contribution < 1.29 is 23.9 Å². The molecule has 0 saturated carbocycles. The highest BCUT2D eigenvalue weighted by Gasteiger charge is 2.29. The summed E-state index contributed by atoms with van der Waals surface area (Å²) in [5.41, 5.74) is 1.08. The molecule has 0 atom stereocenters. The summed E-state index contributed by atoms with van der Waals surface area (Å²) < 4.78 is 12.0. The monoisotopic (exact) mass is 590 g/mol. The normalized spacial score (nSPS) is 14.1. The molecule has 2 amide bonds. The van der Waals surface area contributed by atoms with Crippen molar-refractivity contribution >= 4 is 51.1 Å². The van der Waals surface area contributed by atoms with Gasteiger partial charge in [0.25, 0.3) is 11.8 Å². The van der Waals surface area contributed by atoms with E-state index < -0.39 is 29.0 Å². The molecule has 0 unspecified atom stereocenters. The van der Waals surface area contributed by atoms with Crippen LogP contribution in [0.1, 0.15) is 60.3 Å². The number of nitrogens with one attached hydrogen (secondary N) is 2. The zero-order chi connectivity index (χ0) is 30.1. The van der Waals surface area contributed by atoms with Gasteiger partial charge in [0, 0.05) is 24.3 Å². The Bertz CT molecular complexity index is 1600. The SMILES string of the molecule is CC(C)(C)OC(=O)n1nc(NC(=O)c2ccc(N3CCOCC3)cc2)c2nc(C(=O)NC(C)(C)c3ccccc3)sc21. The summed E-state index contributed by atoms with van der Waals surface area (Å²) in [4.78, 5) is 46.6. The number of amides is 2. The predicted molar refractivity (Wildman–Crippen MR) is 161 cm³/mol. The van der Waals surface area contributed by atoms with Crippen LogP contribution >= 0.6 is 11.3 Å². The summed E-state index contributed by atoms with van der Waals surface area (Å²) >= 11 is 0.993. The van der Waals surface area contributed by atoms with Gasteiger partial charge < -0.3 is 25.0 Å². The molecule has 0 radical (unpaired) electrons. The second-order valence-electron chi connectivity index (χ2n) is 11.5. The maximum absolute atomic E-state index is 13.3. The summed E-state index contributed by atoms with van der Waals surface area (Å²) in [6, 6.07) is 16.8. The fraction of sp³-hybridized carbons (Fsp3) is 0.367. The van der Waals surface area contributed by atoms with Crippen LogP contribution in [0.3, 0.4) is 0 Å². The van der Waals surface area contributed by atoms with Crippen LogP contribution in [-0.2, 0) is 15.0 Å². The van der Waals surface area contributed by atoms with Gasteiger partial charge in [0.05, 0.1) is 18.8 Å². The van der Waals surface area contributed by atoms with Gasteiger partial charge in [0.15, 0.2) is 15.7 Å². The number of ether oxygens (including phenoxy) is 2. The quantitative estimate of drug-likeness (QED) is 0.320. The van der Waals surface area contributed by atoms with Crippen molar-refractivity contribution in [3.63, 3.8) is 0 Å². The molecule has 0 aliphatic carbocycles. The highest BCUT2D eigenvalue weighted by Crippen LogP contribution is 2.30. The third-order valence-corrected chi connectivity index (χ3v) is 7.68. The lowest BCUT2D eigenvalue weighted by Gasteiger charge is -2.28. The topological polar surface area (TPSA) is 128 Å². The zero-order valence-corrected chi connectivity index (χ0v) is 25.1. The molecule has 0 bridgehead atoms. The van der Waals surface area contributed by atoms with Crippen LogP contribution in [0.5, 0.6) is 0 Å². The molecular weight excluding hydrogens is 556 g/mol. The van der Waals surface area contributed by atoms with Crippen molar-refractivity contribution in [3.8, 4) is 0 Å². The average molecular weight is 591 g/mol. The number of anilines is 2. The molecule has 1 fully saturated rings. The highest BCUT2D eigenvalue weighted by atomic mass is 32.1. The lowest BCUT2D eigenvalue weighted by Crippen LogP contribution is -2.40. The van der Waals surface area contributed by atoms with Gasteiger partial charge in [-0.25, -0.2) is 9.78 Å². The number of nitrogens with zero attached hydrogens (tertiary/aromatic N) is 4. The Balaban J connectivity index is 1.42. The number of thiazole rings is 1. The zero-order valence-electron chi connectivity index (χ0n) is 24.3. The maximum atomic E-state index is 13.3. The lowest BCUT2D eigenvalue weighted by atomic mass is 9.94. The predicted octanol–water partition coefficient (Wildman–Crippen LogP) is 5.03. The van der Waals surface area contributed by atoms with Gasteiger partial charge >= 0.3 is 6.09 Å². The first kappa shape index (κ1) is 29.2. The molecule has 4 aromatic rings. The Kier molecular flexibility index (Phi) is 8.02. The molecule has 1 saturated heterocycles. The number of benzene rings is 2. The van der Waals surface area contributed by atoms with Crippen LogP contribution < -0.4 is 15.5 Å². The van der Waals surface area contributed by atoms with Crippen LogP contribution in [-0.4, -0.2) is 64.6 Å². The number of aromatic nitrogens is 3. The van der Waals surface area contributed by atoms with Gasteiger partial charge in [-0.1, -0.05) is 41.7 Å². The first-order valence-electron chi connectivity index (χ1n) is 13.7. The third kappa shape index (κ3) is 6.44. The van der Waals surface area contributed by atoms with E-state index in [1.807, 2.05) is 56.3 Å². The molecule has 1 aliphatic rings. The molecule has 2 aromatic carbocycles. The Labute approximate surface area is 247 Å². The number of fused-ring (bicyclic) bond motifs is 1. The van der Waals surface area contributed by atoms with Crippen molar-refractivity contribution in [1.29, 1.82) is 0 Å². The molecule has 2 aromatic heterocycles. The molecule has 2 N–H and O–H groups in total. The fourth-order valence-corrected chi connectivity index (χ4v) is 5.41. The summed E-state index contributed by atoms with van der Waals surface area (Å²) in [7, 11) is 0. The van der Waals surface area contributed by atoms with Crippen molar-refractivity contribution in [2.75, 3.05) is 36.5 Å². The van der Waals surface area contributed by atoms with Gasteiger partial charge in [0.1, 0.15) is 11.1 Å². The van der Waals surface area contributed by atoms with Gasteiger partial charge in [-0.3, -0.25) is 9.59 Å². The molecule has 220 valence electrons. The first-order chi connectivity index (χ1) is 19.9. The van der Waals surface area contributed by atoms with E-state index in [2.05, 4.69) is 25.6 Å². The lowest BCUT2D eigenvalue weighted by molar-refractivity contribution is 0.0523. The maximum Gasteiger partial charge on any atom is 0.436 e. The van der Waals surface area contributed by atoms with Gasteiger partial charge in [0.2, 0.25) is 0 Å².